The van der Waals surface area contributed by atoms with E-state index in [0.717, 1.165) is 24.4 Å². The van der Waals surface area contributed by atoms with Crippen molar-refractivity contribution in [1.29, 1.82) is 0 Å². The summed E-state index contributed by atoms with van der Waals surface area (Å²) in [6.07, 6.45) is 2.67. The van der Waals surface area contributed by atoms with Crippen LogP contribution in [0.2, 0.25) is 6.04 Å². The van der Waals surface area contributed by atoms with Crippen LogP contribution >= 0.6 is 0 Å². The molecule has 1 atom stereocenters. The summed E-state index contributed by atoms with van der Waals surface area (Å²) in [7, 11) is -1.17. The minimum Gasteiger partial charge on any atom is -0.413 e. The van der Waals surface area contributed by atoms with Crippen LogP contribution in [0.3, 0.4) is 0 Å². The highest BCUT2D eigenvalue weighted by Gasteiger charge is 2.09. The molecule has 1 aromatic carbocycles. The molecule has 0 N–H and O–H groups in total. The second kappa shape index (κ2) is 8.23. The topological polar surface area (TPSA) is 18.5 Å². The lowest BCUT2D eigenvalue weighted by Gasteiger charge is -2.14. The monoisotopic (exact) mass is 250 g/mol. The van der Waals surface area contributed by atoms with Crippen molar-refractivity contribution < 1.29 is 9.16 Å². The highest BCUT2D eigenvalue weighted by Crippen LogP contribution is 2.09. The molecule has 0 aromatic heterocycles. The van der Waals surface area contributed by atoms with Crippen LogP contribution in [0.15, 0.2) is 30.8 Å². The van der Waals surface area contributed by atoms with Crippen molar-refractivity contribution in [1.82, 2.24) is 0 Å². The molecule has 0 saturated heterocycles. The maximum atomic E-state index is 5.96. The molecule has 0 heterocycles. The number of hydrogen-bond acceptors (Lipinski definition) is 2. The summed E-state index contributed by atoms with van der Waals surface area (Å²) in [5, 5.41) is 0. The van der Waals surface area contributed by atoms with Gasteiger partial charge in [0, 0.05) is 6.61 Å². The largest absolute Gasteiger partial charge is 0.413 e. The summed E-state index contributed by atoms with van der Waals surface area (Å²) >= 11 is 0. The molecule has 0 amide bonds. The zero-order chi connectivity index (χ0) is 12.5. The maximum absolute atomic E-state index is 5.96. The number of benzene rings is 1. The van der Waals surface area contributed by atoms with E-state index in [4.69, 9.17) is 9.16 Å². The molecule has 94 valence electrons. The first-order valence-electron chi connectivity index (χ1n) is 6.20. The predicted octanol–water partition coefficient (Wildman–Crippen LogP) is 3.17. The van der Waals surface area contributed by atoms with Gasteiger partial charge < -0.3 is 9.16 Å². The van der Waals surface area contributed by atoms with Crippen LogP contribution in [0.4, 0.5) is 0 Å². The predicted molar refractivity (Wildman–Crippen MR) is 75.4 cm³/mol. The van der Waals surface area contributed by atoms with E-state index in [1.807, 2.05) is 25.1 Å². The van der Waals surface area contributed by atoms with Gasteiger partial charge in [0.1, 0.15) is 0 Å². The van der Waals surface area contributed by atoms with Gasteiger partial charge in [0.2, 0.25) is 9.04 Å². The molecule has 17 heavy (non-hydrogen) atoms. The van der Waals surface area contributed by atoms with Gasteiger partial charge in [-0.05, 0) is 30.2 Å². The summed E-state index contributed by atoms with van der Waals surface area (Å²) in [6.45, 7) is 9.44. The Morgan fingerprint density at radius 3 is 2.82 bits per heavy atom. The van der Waals surface area contributed by atoms with E-state index in [9.17, 15) is 0 Å². The summed E-state index contributed by atoms with van der Waals surface area (Å²) in [4.78, 5) is 0. The van der Waals surface area contributed by atoms with Gasteiger partial charge in [0.25, 0.3) is 0 Å². The summed E-state index contributed by atoms with van der Waals surface area (Å²) in [5.41, 5.74) is 2.36. The van der Waals surface area contributed by atoms with Gasteiger partial charge in [-0.25, -0.2) is 0 Å². The fraction of sp³-hybridized carbons (Fsp3) is 0.429. The lowest BCUT2D eigenvalue weighted by molar-refractivity contribution is 0.169. The lowest BCUT2D eigenvalue weighted by atomic mass is 10.1. The first-order chi connectivity index (χ1) is 8.30. The van der Waals surface area contributed by atoms with Crippen LogP contribution in [-0.2, 0) is 15.8 Å². The third kappa shape index (κ3) is 5.30. The van der Waals surface area contributed by atoms with E-state index < -0.39 is 9.04 Å². The quantitative estimate of drug-likeness (QED) is 0.660. The molecule has 3 heteroatoms. The molecule has 1 unspecified atom stereocenters. The summed E-state index contributed by atoms with van der Waals surface area (Å²) < 4.78 is 11.4. The Bertz CT molecular complexity index is 339. The van der Waals surface area contributed by atoms with Crippen molar-refractivity contribution in [2.45, 2.75) is 26.5 Å². The van der Waals surface area contributed by atoms with Crippen molar-refractivity contribution in [2.24, 2.45) is 0 Å². The van der Waals surface area contributed by atoms with Crippen LogP contribution in [0.25, 0.3) is 6.08 Å². The Labute approximate surface area is 106 Å². The van der Waals surface area contributed by atoms with Crippen LogP contribution in [0, 0.1) is 0 Å². The van der Waals surface area contributed by atoms with E-state index in [0.29, 0.717) is 6.61 Å². The zero-order valence-corrected chi connectivity index (χ0v) is 12.0. The maximum Gasteiger partial charge on any atom is 0.202 e. The Kier molecular flexibility index (Phi) is 6.85. The number of hydrogen-bond donors (Lipinski definition) is 0. The standard InChI is InChI=1S/C14H22O2Si/c1-4-13-8-7-9-14(10-13)11-16-17(6-3)12-15-5-2/h4,7-10,17H,1,5-6,11-12H2,2-3H3. The van der Waals surface area contributed by atoms with Crippen molar-refractivity contribution in [2.75, 3.05) is 12.8 Å². The van der Waals surface area contributed by atoms with Gasteiger partial charge in [-0.2, -0.15) is 0 Å². The van der Waals surface area contributed by atoms with Crippen molar-refractivity contribution in [3.8, 4) is 0 Å². The summed E-state index contributed by atoms with van der Waals surface area (Å²) in [6, 6.07) is 9.41. The van der Waals surface area contributed by atoms with Gasteiger partial charge in [-0.15, -0.1) is 0 Å². The normalized spacial score (nSPS) is 12.4. The average Bonchev–Trinajstić information content (AvgIpc) is 2.39. The fourth-order valence-electron chi connectivity index (χ4n) is 1.56. The highest BCUT2D eigenvalue weighted by molar-refractivity contribution is 6.51. The van der Waals surface area contributed by atoms with Crippen LogP contribution < -0.4 is 0 Å². The van der Waals surface area contributed by atoms with Gasteiger partial charge in [-0.1, -0.05) is 37.8 Å². The molecule has 1 aromatic rings. The highest BCUT2D eigenvalue weighted by atomic mass is 28.3. The smallest absolute Gasteiger partial charge is 0.202 e. The molecule has 2 nitrogen and oxygen atoms in total. The minimum absolute atomic E-state index is 0.694. The second-order valence-electron chi connectivity index (χ2n) is 3.95. The molecule has 0 saturated carbocycles. The minimum atomic E-state index is -1.17. The Hall–Kier alpha value is -0.903. The Balaban J connectivity index is 2.44. The molecule has 0 aliphatic carbocycles. The molecule has 0 spiro atoms. The molecule has 0 aliphatic heterocycles. The van der Waals surface area contributed by atoms with E-state index in [1.165, 1.54) is 5.56 Å². The molecule has 0 fully saturated rings. The SMILES string of the molecule is C=Cc1cccc(CO[SiH](CC)COCC)c1. The molecule has 0 aliphatic rings. The van der Waals surface area contributed by atoms with E-state index in [2.05, 4.69) is 25.6 Å². The molecule has 1 rings (SSSR count). The summed E-state index contributed by atoms with van der Waals surface area (Å²) in [5.74, 6) is 0. The van der Waals surface area contributed by atoms with E-state index >= 15 is 0 Å². The van der Waals surface area contributed by atoms with Crippen LogP contribution in [-0.4, -0.2) is 21.9 Å². The van der Waals surface area contributed by atoms with Crippen molar-refractivity contribution in [3.63, 3.8) is 0 Å². The molecule has 0 radical (unpaired) electrons. The Morgan fingerprint density at radius 1 is 1.35 bits per heavy atom. The average molecular weight is 250 g/mol. The molecular weight excluding hydrogens is 228 g/mol. The zero-order valence-electron chi connectivity index (χ0n) is 10.8. The van der Waals surface area contributed by atoms with Crippen LogP contribution in [0.5, 0.6) is 0 Å². The van der Waals surface area contributed by atoms with Gasteiger partial charge in [0.15, 0.2) is 0 Å². The third-order valence-electron chi connectivity index (χ3n) is 2.64. The first kappa shape index (κ1) is 14.2. The fourth-order valence-corrected chi connectivity index (χ4v) is 3.05. The molecule has 0 bridgehead atoms. The van der Waals surface area contributed by atoms with Crippen molar-refractivity contribution >= 4 is 15.1 Å². The number of ether oxygens (including phenoxy) is 1. The first-order valence-corrected chi connectivity index (χ1v) is 8.31. The van der Waals surface area contributed by atoms with Crippen molar-refractivity contribution in [3.05, 3.63) is 42.0 Å². The van der Waals surface area contributed by atoms with Crippen LogP contribution in [0.1, 0.15) is 25.0 Å². The Morgan fingerprint density at radius 2 is 2.18 bits per heavy atom. The third-order valence-corrected chi connectivity index (χ3v) is 4.79. The number of rotatable bonds is 8. The van der Waals surface area contributed by atoms with E-state index in [1.54, 1.807) is 0 Å². The lowest BCUT2D eigenvalue weighted by Crippen LogP contribution is -2.24. The molecular formula is C14H22O2Si. The van der Waals surface area contributed by atoms with Gasteiger partial charge in [0.05, 0.1) is 12.8 Å². The second-order valence-corrected chi connectivity index (χ2v) is 6.68. The van der Waals surface area contributed by atoms with E-state index in [-0.39, 0.29) is 0 Å². The van der Waals surface area contributed by atoms with Gasteiger partial charge in [-0.3, -0.25) is 0 Å². The van der Waals surface area contributed by atoms with Gasteiger partial charge >= 0.3 is 0 Å².